The van der Waals surface area contributed by atoms with Gasteiger partial charge < -0.3 is 0 Å². The van der Waals surface area contributed by atoms with Gasteiger partial charge in [-0.2, -0.15) is 0 Å². The molecule has 2 aromatic carbocycles. The van der Waals surface area contributed by atoms with Crippen molar-refractivity contribution in [3.05, 3.63) is 86.0 Å². The van der Waals surface area contributed by atoms with Crippen molar-refractivity contribution in [2.24, 2.45) is 0 Å². The van der Waals surface area contributed by atoms with Crippen molar-refractivity contribution >= 4 is 19.2 Å². The predicted octanol–water partition coefficient (Wildman–Crippen LogP) is 3.09. The molecule has 0 radical (unpaired) electrons. The highest BCUT2D eigenvalue weighted by molar-refractivity contribution is 6.85. The topological polar surface area (TPSA) is 3.24 Å². The minimum Gasteiger partial charge on any atom is -0.296 e. The Hall–Kier alpha value is -1.90. The zero-order chi connectivity index (χ0) is 16.3. The Balaban J connectivity index is 2.04. The minimum atomic E-state index is -1.13. The zero-order valence-electron chi connectivity index (χ0n) is 13.9. The molecule has 2 rings (SSSR count). The molecule has 0 aliphatic carbocycles. The van der Waals surface area contributed by atoms with Gasteiger partial charge in [0.2, 0.25) is 0 Å². The lowest BCUT2D eigenvalue weighted by molar-refractivity contribution is 0.336. The second-order valence-corrected chi connectivity index (χ2v) is 8.87. The summed E-state index contributed by atoms with van der Waals surface area (Å²) in [6.07, 6.45) is 5.18. The van der Waals surface area contributed by atoms with Crippen molar-refractivity contribution in [1.82, 2.24) is 4.90 Å². The van der Waals surface area contributed by atoms with E-state index >= 15 is 0 Å². The quantitative estimate of drug-likeness (QED) is 0.480. The number of benzene rings is 2. The second-order valence-electron chi connectivity index (χ2n) is 5.85. The molecule has 1 nitrogen and oxygen atoms in total. The van der Waals surface area contributed by atoms with Crippen molar-refractivity contribution in [3.8, 4) is 0 Å². The minimum absolute atomic E-state index is 0.939. The van der Waals surface area contributed by atoms with E-state index in [1.807, 2.05) is 12.2 Å². The standard InChI is InChI=1S/C21H27NSi/c1-3-16-22(17-4-2)18-11-19-23(20-12-7-5-8-13-20)21-14-9-6-10-15-21/h3-10,12-15,23H,1-2,11,16-19H2. The summed E-state index contributed by atoms with van der Waals surface area (Å²) in [6, 6.07) is 23.4. The van der Waals surface area contributed by atoms with E-state index in [4.69, 9.17) is 0 Å². The SMILES string of the molecule is C=CCN(CC=C)CCC[SiH](c1ccccc1)c1ccccc1. The second kappa shape index (κ2) is 9.98. The third kappa shape index (κ3) is 5.66. The molecule has 2 heteroatoms. The Bertz CT molecular complexity index is 530. The molecule has 23 heavy (non-hydrogen) atoms. The maximum atomic E-state index is 3.85. The van der Waals surface area contributed by atoms with Crippen LogP contribution >= 0.6 is 0 Å². The summed E-state index contributed by atoms with van der Waals surface area (Å²) in [5.74, 6) is 0. The van der Waals surface area contributed by atoms with Gasteiger partial charge in [-0.3, -0.25) is 4.90 Å². The van der Waals surface area contributed by atoms with Crippen LogP contribution in [0.5, 0.6) is 0 Å². The van der Waals surface area contributed by atoms with E-state index in [0.717, 1.165) is 19.6 Å². The van der Waals surface area contributed by atoms with E-state index in [9.17, 15) is 0 Å². The maximum Gasteiger partial charge on any atom is 0.103 e. The Kier molecular flexibility index (Phi) is 7.57. The summed E-state index contributed by atoms with van der Waals surface area (Å²) in [5, 5.41) is 3.08. The molecular weight excluding hydrogens is 294 g/mol. The van der Waals surface area contributed by atoms with E-state index in [-0.39, 0.29) is 0 Å². The molecule has 0 spiro atoms. The van der Waals surface area contributed by atoms with Crippen LogP contribution in [0.2, 0.25) is 6.04 Å². The summed E-state index contributed by atoms with van der Waals surface area (Å²) in [6.45, 7) is 10.7. The van der Waals surface area contributed by atoms with Gasteiger partial charge in [-0.15, -0.1) is 13.2 Å². The van der Waals surface area contributed by atoms with Gasteiger partial charge in [0, 0.05) is 13.1 Å². The number of hydrogen-bond donors (Lipinski definition) is 0. The van der Waals surface area contributed by atoms with Crippen molar-refractivity contribution in [2.45, 2.75) is 12.5 Å². The molecule has 0 N–H and O–H groups in total. The monoisotopic (exact) mass is 321 g/mol. The lowest BCUT2D eigenvalue weighted by Crippen LogP contribution is -2.42. The van der Waals surface area contributed by atoms with Gasteiger partial charge in [0.15, 0.2) is 0 Å². The molecule has 2 aromatic rings. The first-order valence-corrected chi connectivity index (χ1v) is 10.4. The van der Waals surface area contributed by atoms with E-state index in [1.165, 1.54) is 22.8 Å². The molecule has 0 atom stereocenters. The lowest BCUT2D eigenvalue weighted by Gasteiger charge is -2.21. The normalized spacial score (nSPS) is 10.9. The molecule has 0 amide bonds. The largest absolute Gasteiger partial charge is 0.296 e. The smallest absolute Gasteiger partial charge is 0.103 e. The lowest BCUT2D eigenvalue weighted by atomic mass is 10.3. The van der Waals surface area contributed by atoms with E-state index in [0.29, 0.717) is 0 Å². The van der Waals surface area contributed by atoms with Gasteiger partial charge in [0.25, 0.3) is 0 Å². The molecule has 0 heterocycles. The van der Waals surface area contributed by atoms with Crippen molar-refractivity contribution < 1.29 is 0 Å². The molecular formula is C21H27NSi. The summed E-state index contributed by atoms with van der Waals surface area (Å²) in [4.78, 5) is 2.40. The molecule has 0 aliphatic heterocycles. The Morgan fingerprint density at radius 1 is 0.783 bits per heavy atom. The first-order valence-electron chi connectivity index (χ1n) is 8.39. The highest BCUT2D eigenvalue weighted by Gasteiger charge is 2.15. The fourth-order valence-corrected chi connectivity index (χ4v) is 6.05. The third-order valence-corrected chi connectivity index (χ3v) is 7.51. The van der Waals surface area contributed by atoms with Crippen LogP contribution in [0.4, 0.5) is 0 Å². The summed E-state index contributed by atoms with van der Waals surface area (Å²) in [5.41, 5.74) is 0. The van der Waals surface area contributed by atoms with E-state index < -0.39 is 8.80 Å². The van der Waals surface area contributed by atoms with Crippen LogP contribution in [0.3, 0.4) is 0 Å². The van der Waals surface area contributed by atoms with Crippen LogP contribution in [0.15, 0.2) is 86.0 Å². The molecule has 0 aliphatic rings. The Morgan fingerprint density at radius 2 is 1.26 bits per heavy atom. The third-order valence-electron chi connectivity index (χ3n) is 4.15. The van der Waals surface area contributed by atoms with Crippen LogP contribution in [-0.4, -0.2) is 33.3 Å². The van der Waals surface area contributed by atoms with Gasteiger partial charge in [0.1, 0.15) is 8.80 Å². The van der Waals surface area contributed by atoms with E-state index in [1.54, 1.807) is 0 Å². The average Bonchev–Trinajstić information content (AvgIpc) is 2.60. The summed E-state index contributed by atoms with van der Waals surface area (Å²) in [7, 11) is -1.13. The number of hydrogen-bond acceptors (Lipinski definition) is 1. The van der Waals surface area contributed by atoms with Crippen molar-refractivity contribution in [2.75, 3.05) is 19.6 Å². The van der Waals surface area contributed by atoms with Crippen LogP contribution in [0.1, 0.15) is 6.42 Å². The zero-order valence-corrected chi connectivity index (χ0v) is 15.1. The highest BCUT2D eigenvalue weighted by Crippen LogP contribution is 2.04. The van der Waals surface area contributed by atoms with Gasteiger partial charge in [-0.25, -0.2) is 0 Å². The van der Waals surface area contributed by atoms with Crippen LogP contribution in [0, 0.1) is 0 Å². The Morgan fingerprint density at radius 3 is 1.70 bits per heavy atom. The summed E-state index contributed by atoms with van der Waals surface area (Å²) < 4.78 is 0. The van der Waals surface area contributed by atoms with Crippen LogP contribution in [-0.2, 0) is 0 Å². The summed E-state index contributed by atoms with van der Waals surface area (Å²) >= 11 is 0. The van der Waals surface area contributed by atoms with E-state index in [2.05, 4.69) is 78.7 Å². The molecule has 0 unspecified atom stereocenters. The number of nitrogens with zero attached hydrogens (tertiary/aromatic N) is 1. The fourth-order valence-electron chi connectivity index (χ4n) is 3.04. The molecule has 0 bridgehead atoms. The van der Waals surface area contributed by atoms with Gasteiger partial charge >= 0.3 is 0 Å². The average molecular weight is 322 g/mol. The highest BCUT2D eigenvalue weighted by atomic mass is 28.3. The maximum absolute atomic E-state index is 3.85. The van der Waals surface area contributed by atoms with Crippen molar-refractivity contribution in [1.29, 1.82) is 0 Å². The molecule has 0 saturated heterocycles. The van der Waals surface area contributed by atoms with Gasteiger partial charge in [-0.05, 0) is 13.0 Å². The fraction of sp³-hybridized carbons (Fsp3) is 0.238. The number of rotatable bonds is 10. The van der Waals surface area contributed by atoms with Crippen molar-refractivity contribution in [3.63, 3.8) is 0 Å². The van der Waals surface area contributed by atoms with Crippen LogP contribution in [0.25, 0.3) is 0 Å². The first kappa shape index (κ1) is 17.5. The Labute approximate surface area is 142 Å². The molecule has 0 fully saturated rings. The predicted molar refractivity (Wildman–Crippen MR) is 106 cm³/mol. The molecule has 0 saturated carbocycles. The van der Waals surface area contributed by atoms with Crippen LogP contribution < -0.4 is 10.4 Å². The molecule has 0 aromatic heterocycles. The van der Waals surface area contributed by atoms with Gasteiger partial charge in [-0.1, -0.05) is 89.2 Å². The molecule has 120 valence electrons. The van der Waals surface area contributed by atoms with Gasteiger partial charge in [0.05, 0.1) is 0 Å². The first-order chi connectivity index (χ1) is 11.3.